The van der Waals surface area contributed by atoms with Crippen LogP contribution in [0.5, 0.6) is 0 Å². The summed E-state index contributed by atoms with van der Waals surface area (Å²) >= 11 is 0. The Kier molecular flexibility index (Phi) is 3.45. The normalized spacial score (nSPS) is 18.0. The molecular weight excluding hydrogens is 290 g/mol. The van der Waals surface area contributed by atoms with Crippen LogP contribution < -0.4 is 0 Å². The SMILES string of the molecule is CN1CCc2c(c(C3CC3)nn2-c2ccc(CC(=O)O)cc2)C1. The van der Waals surface area contributed by atoms with Crippen LogP contribution >= 0.6 is 0 Å². The molecule has 0 atom stereocenters. The number of hydrogen-bond acceptors (Lipinski definition) is 3. The molecule has 1 saturated carbocycles. The first kappa shape index (κ1) is 14.5. The fraction of sp³-hybridized carbons (Fsp3) is 0.444. The van der Waals surface area contributed by atoms with Crippen molar-refractivity contribution in [1.29, 1.82) is 0 Å². The first-order valence-corrected chi connectivity index (χ1v) is 8.22. The second-order valence-corrected chi connectivity index (χ2v) is 6.72. The standard InChI is InChI=1S/C18H21N3O2/c1-20-9-8-16-15(11-20)18(13-4-5-13)19-21(16)14-6-2-12(3-7-14)10-17(22)23/h2-3,6-7,13H,4-5,8-11H2,1H3,(H,22,23). The van der Waals surface area contributed by atoms with Crippen molar-refractivity contribution in [3.63, 3.8) is 0 Å². The summed E-state index contributed by atoms with van der Waals surface area (Å²) in [7, 11) is 2.16. The highest BCUT2D eigenvalue weighted by atomic mass is 16.4. The largest absolute Gasteiger partial charge is 0.481 e. The first-order valence-electron chi connectivity index (χ1n) is 8.22. The second-order valence-electron chi connectivity index (χ2n) is 6.72. The van der Waals surface area contributed by atoms with Gasteiger partial charge in [-0.25, -0.2) is 4.68 Å². The number of carboxylic acids is 1. The molecule has 5 heteroatoms. The van der Waals surface area contributed by atoms with Crippen LogP contribution in [0, 0.1) is 0 Å². The van der Waals surface area contributed by atoms with Crippen LogP contribution in [0.3, 0.4) is 0 Å². The number of nitrogens with zero attached hydrogens (tertiary/aromatic N) is 3. The highest BCUT2D eigenvalue weighted by molar-refractivity contribution is 5.70. The fourth-order valence-corrected chi connectivity index (χ4v) is 3.41. The van der Waals surface area contributed by atoms with E-state index in [4.69, 9.17) is 10.2 Å². The average Bonchev–Trinajstić information content (AvgIpc) is 3.29. The Bertz CT molecular complexity index is 744. The lowest BCUT2D eigenvalue weighted by Gasteiger charge is -2.23. The van der Waals surface area contributed by atoms with E-state index in [1.54, 1.807) is 0 Å². The predicted octanol–water partition coefficient (Wildman–Crippen LogP) is 2.36. The molecule has 4 rings (SSSR count). The molecule has 0 spiro atoms. The Balaban J connectivity index is 1.71. The summed E-state index contributed by atoms with van der Waals surface area (Å²) in [6.07, 6.45) is 3.59. The molecule has 0 amide bonds. The molecule has 0 bridgehead atoms. The molecule has 1 aliphatic heterocycles. The van der Waals surface area contributed by atoms with E-state index in [1.165, 1.54) is 29.8 Å². The van der Waals surface area contributed by atoms with E-state index in [9.17, 15) is 4.79 Å². The minimum atomic E-state index is -0.798. The second kappa shape index (κ2) is 5.49. The van der Waals surface area contributed by atoms with Gasteiger partial charge in [-0.2, -0.15) is 5.10 Å². The summed E-state index contributed by atoms with van der Waals surface area (Å²) < 4.78 is 2.08. The van der Waals surface area contributed by atoms with Gasteiger partial charge in [0.05, 0.1) is 23.5 Å². The number of fused-ring (bicyclic) bond motifs is 1. The van der Waals surface area contributed by atoms with E-state index in [0.717, 1.165) is 30.8 Å². The Labute approximate surface area is 135 Å². The highest BCUT2D eigenvalue weighted by Crippen LogP contribution is 2.43. The third-order valence-corrected chi connectivity index (χ3v) is 4.78. The van der Waals surface area contributed by atoms with Crippen LogP contribution in [0.2, 0.25) is 0 Å². The topological polar surface area (TPSA) is 58.4 Å². The Morgan fingerprint density at radius 2 is 2.04 bits per heavy atom. The van der Waals surface area contributed by atoms with Crippen molar-refractivity contribution in [1.82, 2.24) is 14.7 Å². The fourth-order valence-electron chi connectivity index (χ4n) is 3.41. The molecular formula is C18H21N3O2. The van der Waals surface area contributed by atoms with E-state index in [0.29, 0.717) is 5.92 Å². The van der Waals surface area contributed by atoms with Crippen molar-refractivity contribution >= 4 is 5.97 Å². The smallest absolute Gasteiger partial charge is 0.307 e. The molecule has 1 aliphatic carbocycles. The maximum Gasteiger partial charge on any atom is 0.307 e. The van der Waals surface area contributed by atoms with Gasteiger partial charge in [-0.3, -0.25) is 4.79 Å². The van der Waals surface area contributed by atoms with Gasteiger partial charge in [0.1, 0.15) is 0 Å². The van der Waals surface area contributed by atoms with Gasteiger partial charge in [0, 0.05) is 31.0 Å². The molecule has 5 nitrogen and oxygen atoms in total. The maximum absolute atomic E-state index is 10.8. The predicted molar refractivity (Wildman–Crippen MR) is 86.9 cm³/mol. The molecule has 2 aliphatic rings. The lowest BCUT2D eigenvalue weighted by molar-refractivity contribution is -0.136. The van der Waals surface area contributed by atoms with Gasteiger partial charge in [-0.05, 0) is 37.6 Å². The Morgan fingerprint density at radius 1 is 1.30 bits per heavy atom. The van der Waals surface area contributed by atoms with E-state index in [-0.39, 0.29) is 6.42 Å². The van der Waals surface area contributed by atoms with Crippen LogP contribution in [0.1, 0.15) is 41.3 Å². The molecule has 1 aromatic heterocycles. The van der Waals surface area contributed by atoms with Gasteiger partial charge in [-0.1, -0.05) is 12.1 Å². The maximum atomic E-state index is 10.8. The van der Waals surface area contributed by atoms with Crippen LogP contribution in [-0.2, 0) is 24.2 Å². The van der Waals surface area contributed by atoms with Crippen LogP contribution in [0.15, 0.2) is 24.3 Å². The highest BCUT2D eigenvalue weighted by Gasteiger charge is 2.33. The van der Waals surface area contributed by atoms with Gasteiger partial charge in [0.2, 0.25) is 0 Å². The first-order chi connectivity index (χ1) is 11.1. The zero-order chi connectivity index (χ0) is 16.0. The lowest BCUT2D eigenvalue weighted by atomic mass is 10.0. The Morgan fingerprint density at radius 3 is 2.70 bits per heavy atom. The molecule has 0 radical (unpaired) electrons. The zero-order valence-electron chi connectivity index (χ0n) is 13.3. The van der Waals surface area contributed by atoms with Crippen LogP contribution in [0.25, 0.3) is 5.69 Å². The number of carboxylic acid groups (broad SMARTS) is 1. The van der Waals surface area contributed by atoms with Gasteiger partial charge in [0.15, 0.2) is 0 Å². The molecule has 1 aromatic carbocycles. The summed E-state index contributed by atoms with van der Waals surface area (Å²) in [4.78, 5) is 13.2. The number of aliphatic carboxylic acids is 1. The van der Waals surface area contributed by atoms with Crippen LogP contribution in [-0.4, -0.2) is 39.3 Å². The van der Waals surface area contributed by atoms with E-state index < -0.39 is 5.97 Å². The lowest BCUT2D eigenvalue weighted by Crippen LogP contribution is -2.27. The van der Waals surface area contributed by atoms with Crippen molar-refractivity contribution in [3.05, 3.63) is 46.8 Å². The van der Waals surface area contributed by atoms with E-state index in [1.807, 2.05) is 24.3 Å². The zero-order valence-corrected chi connectivity index (χ0v) is 13.3. The van der Waals surface area contributed by atoms with Gasteiger partial charge in [0.25, 0.3) is 0 Å². The number of carbonyl (C=O) groups is 1. The van der Waals surface area contributed by atoms with E-state index >= 15 is 0 Å². The number of rotatable bonds is 4. The summed E-state index contributed by atoms with van der Waals surface area (Å²) in [5.41, 5.74) is 5.88. The van der Waals surface area contributed by atoms with Crippen molar-refractivity contribution in [3.8, 4) is 5.69 Å². The molecule has 120 valence electrons. The third-order valence-electron chi connectivity index (χ3n) is 4.78. The summed E-state index contributed by atoms with van der Waals surface area (Å²) in [6, 6.07) is 7.76. The molecule has 23 heavy (non-hydrogen) atoms. The number of likely N-dealkylation sites (N-methyl/N-ethyl adjacent to an activating group) is 1. The van der Waals surface area contributed by atoms with Gasteiger partial charge >= 0.3 is 5.97 Å². The van der Waals surface area contributed by atoms with Crippen molar-refractivity contribution in [2.45, 2.75) is 38.1 Å². The molecule has 2 heterocycles. The number of benzene rings is 1. The number of aromatic nitrogens is 2. The van der Waals surface area contributed by atoms with Gasteiger partial charge in [-0.15, -0.1) is 0 Å². The summed E-state index contributed by atoms with van der Waals surface area (Å²) in [5.74, 6) is -0.156. The van der Waals surface area contributed by atoms with Crippen LogP contribution in [0.4, 0.5) is 0 Å². The summed E-state index contributed by atoms with van der Waals surface area (Å²) in [6.45, 7) is 2.04. The van der Waals surface area contributed by atoms with Crippen molar-refractivity contribution < 1.29 is 9.90 Å². The average molecular weight is 311 g/mol. The molecule has 0 unspecified atom stereocenters. The quantitative estimate of drug-likeness (QED) is 0.942. The monoisotopic (exact) mass is 311 g/mol. The minimum Gasteiger partial charge on any atom is -0.481 e. The van der Waals surface area contributed by atoms with Crippen molar-refractivity contribution in [2.24, 2.45) is 0 Å². The molecule has 1 fully saturated rings. The minimum absolute atomic E-state index is 0.0651. The Hall–Kier alpha value is -2.14. The number of hydrogen-bond donors (Lipinski definition) is 1. The molecule has 0 saturated heterocycles. The van der Waals surface area contributed by atoms with Crippen molar-refractivity contribution in [2.75, 3.05) is 13.6 Å². The molecule has 2 aromatic rings. The molecule has 1 N–H and O–H groups in total. The third kappa shape index (κ3) is 2.77. The van der Waals surface area contributed by atoms with E-state index in [2.05, 4.69) is 16.6 Å². The van der Waals surface area contributed by atoms with Gasteiger partial charge < -0.3 is 10.0 Å². The summed E-state index contributed by atoms with van der Waals surface area (Å²) in [5, 5.41) is 13.8.